The van der Waals surface area contributed by atoms with Crippen molar-refractivity contribution in [2.45, 2.75) is 13.3 Å². The first kappa shape index (κ1) is 19.6. The number of amides is 1. The number of anilines is 1. The van der Waals surface area contributed by atoms with Gasteiger partial charge >= 0.3 is 5.97 Å². The Kier molecular flexibility index (Phi) is 6.06. The lowest BCUT2D eigenvalue weighted by molar-refractivity contribution is -0.117. The van der Waals surface area contributed by atoms with Crippen LogP contribution in [0.2, 0.25) is 0 Å². The molecule has 0 bridgehead atoms. The number of thiophene rings is 1. The predicted molar refractivity (Wildman–Crippen MR) is 114 cm³/mol. The van der Waals surface area contributed by atoms with E-state index in [1.54, 1.807) is 12.1 Å². The quantitative estimate of drug-likeness (QED) is 0.564. The first-order chi connectivity index (χ1) is 13.5. The molecule has 0 radical (unpaired) electrons. The molecule has 1 N–H and O–H groups in total. The Hall–Kier alpha value is -3.18. The minimum atomic E-state index is -1.04. The molecule has 0 aliphatic carbocycles. The number of rotatable bonds is 7. The summed E-state index contributed by atoms with van der Waals surface area (Å²) in [4.78, 5) is 27.3. The fourth-order valence-corrected chi connectivity index (χ4v) is 4.04. The maximum Gasteiger partial charge on any atom is 0.348 e. The summed E-state index contributed by atoms with van der Waals surface area (Å²) >= 11 is 1.17. The topological polar surface area (TPSA) is 57.6 Å². The Morgan fingerprint density at radius 3 is 2.50 bits per heavy atom. The highest BCUT2D eigenvalue weighted by molar-refractivity contribution is 7.18. The highest BCUT2D eigenvalue weighted by Gasteiger charge is 2.24. The van der Waals surface area contributed by atoms with Crippen LogP contribution >= 0.6 is 11.3 Å². The normalized spacial score (nSPS) is 10.5. The lowest BCUT2D eigenvalue weighted by Crippen LogP contribution is -2.33. The molecule has 2 aromatic carbocycles. The molecule has 0 spiro atoms. The number of aryl methyl sites for hydroxylation is 1. The zero-order chi connectivity index (χ0) is 20.1. The molecule has 4 nitrogen and oxygen atoms in total. The van der Waals surface area contributed by atoms with E-state index in [2.05, 4.69) is 6.58 Å². The summed E-state index contributed by atoms with van der Waals surface area (Å²) < 4.78 is 0. The Morgan fingerprint density at radius 2 is 1.86 bits per heavy atom. The van der Waals surface area contributed by atoms with Gasteiger partial charge in [-0.1, -0.05) is 66.2 Å². The second-order valence-electron chi connectivity index (χ2n) is 6.46. The van der Waals surface area contributed by atoms with Crippen molar-refractivity contribution in [2.24, 2.45) is 0 Å². The van der Waals surface area contributed by atoms with Gasteiger partial charge in [0.15, 0.2) is 0 Å². The van der Waals surface area contributed by atoms with E-state index in [0.29, 0.717) is 5.69 Å². The molecule has 0 atom stereocenters. The van der Waals surface area contributed by atoms with Crippen LogP contribution < -0.4 is 4.90 Å². The molecule has 1 aromatic heterocycles. The van der Waals surface area contributed by atoms with Gasteiger partial charge in [0.25, 0.3) is 0 Å². The summed E-state index contributed by atoms with van der Waals surface area (Å²) in [7, 11) is 0. The minimum Gasteiger partial charge on any atom is -0.477 e. The number of hydrogen-bond acceptors (Lipinski definition) is 3. The Morgan fingerprint density at radius 1 is 1.11 bits per heavy atom. The molecular formula is C23H21NO3S. The predicted octanol–water partition coefficient (Wildman–Crippen LogP) is 5.18. The number of hydrogen-bond donors (Lipinski definition) is 1. The van der Waals surface area contributed by atoms with E-state index in [1.165, 1.54) is 16.2 Å². The maximum absolute atomic E-state index is 13.0. The number of benzene rings is 2. The third-order valence-corrected chi connectivity index (χ3v) is 5.47. The van der Waals surface area contributed by atoms with Gasteiger partial charge in [-0.2, -0.15) is 0 Å². The van der Waals surface area contributed by atoms with Crippen LogP contribution in [0.1, 0.15) is 20.8 Å². The number of carboxylic acids is 1. The van der Waals surface area contributed by atoms with Gasteiger partial charge in [0, 0.05) is 11.4 Å². The van der Waals surface area contributed by atoms with Crippen molar-refractivity contribution in [1.82, 2.24) is 0 Å². The summed E-state index contributed by atoms with van der Waals surface area (Å²) in [5, 5.41) is 9.70. The summed E-state index contributed by atoms with van der Waals surface area (Å²) in [6, 6.07) is 19.1. The monoisotopic (exact) mass is 391 g/mol. The van der Waals surface area contributed by atoms with Crippen molar-refractivity contribution in [2.75, 3.05) is 11.4 Å². The molecule has 5 heteroatoms. The van der Waals surface area contributed by atoms with Gasteiger partial charge in [0.1, 0.15) is 4.88 Å². The number of carbonyl (C=O) groups excluding carboxylic acids is 1. The van der Waals surface area contributed by atoms with Gasteiger partial charge in [-0.05, 0) is 24.1 Å². The first-order valence-corrected chi connectivity index (χ1v) is 9.70. The molecular weight excluding hydrogens is 370 g/mol. The molecule has 0 aliphatic heterocycles. The molecule has 1 amide bonds. The van der Waals surface area contributed by atoms with Crippen molar-refractivity contribution < 1.29 is 14.7 Å². The maximum atomic E-state index is 13.0. The molecule has 1 heterocycles. The molecule has 3 rings (SSSR count). The molecule has 0 saturated carbocycles. The van der Waals surface area contributed by atoms with Gasteiger partial charge in [0.2, 0.25) is 5.91 Å². The van der Waals surface area contributed by atoms with Gasteiger partial charge in [-0.15, -0.1) is 17.9 Å². The van der Waals surface area contributed by atoms with Crippen LogP contribution in [0.5, 0.6) is 0 Å². The highest BCUT2D eigenvalue weighted by Crippen LogP contribution is 2.37. The number of nitrogens with zero attached hydrogens (tertiary/aromatic N) is 1. The van der Waals surface area contributed by atoms with Gasteiger partial charge in [0.05, 0.1) is 12.1 Å². The molecule has 0 unspecified atom stereocenters. The van der Waals surface area contributed by atoms with E-state index in [0.717, 1.165) is 21.6 Å². The molecule has 0 fully saturated rings. The number of carbonyl (C=O) groups is 2. The van der Waals surface area contributed by atoms with Crippen molar-refractivity contribution >= 4 is 28.9 Å². The smallest absolute Gasteiger partial charge is 0.348 e. The molecule has 142 valence electrons. The van der Waals surface area contributed by atoms with Gasteiger partial charge < -0.3 is 10.0 Å². The average molecular weight is 391 g/mol. The molecule has 0 aliphatic rings. The summed E-state index contributed by atoms with van der Waals surface area (Å²) in [6.45, 7) is 5.95. The second kappa shape index (κ2) is 8.67. The summed E-state index contributed by atoms with van der Waals surface area (Å²) in [6.07, 6.45) is 1.81. The molecule has 3 aromatic rings. The van der Waals surface area contributed by atoms with Crippen molar-refractivity contribution in [1.29, 1.82) is 0 Å². The van der Waals surface area contributed by atoms with E-state index in [-0.39, 0.29) is 23.7 Å². The third-order valence-electron chi connectivity index (χ3n) is 4.31. The van der Waals surface area contributed by atoms with Crippen LogP contribution in [0.15, 0.2) is 73.3 Å². The van der Waals surface area contributed by atoms with E-state index in [9.17, 15) is 14.7 Å². The van der Waals surface area contributed by atoms with Crippen LogP contribution in [0.25, 0.3) is 10.4 Å². The van der Waals surface area contributed by atoms with E-state index < -0.39 is 5.97 Å². The third kappa shape index (κ3) is 4.38. The Bertz CT molecular complexity index is 1010. The Labute approximate surface area is 168 Å². The van der Waals surface area contributed by atoms with Crippen molar-refractivity contribution in [3.63, 3.8) is 0 Å². The summed E-state index contributed by atoms with van der Waals surface area (Å²) in [5.74, 6) is -1.20. The largest absolute Gasteiger partial charge is 0.477 e. The van der Waals surface area contributed by atoms with E-state index in [1.807, 2.05) is 61.5 Å². The van der Waals surface area contributed by atoms with Crippen molar-refractivity contribution in [3.8, 4) is 10.4 Å². The fraction of sp³-hybridized carbons (Fsp3) is 0.130. The van der Waals surface area contributed by atoms with Gasteiger partial charge in [-0.3, -0.25) is 4.79 Å². The average Bonchev–Trinajstić information content (AvgIpc) is 3.12. The zero-order valence-corrected chi connectivity index (χ0v) is 16.4. The molecule has 28 heavy (non-hydrogen) atoms. The fourth-order valence-electron chi connectivity index (χ4n) is 3.04. The highest BCUT2D eigenvalue weighted by atomic mass is 32.1. The van der Waals surface area contributed by atoms with Crippen LogP contribution in [-0.4, -0.2) is 23.5 Å². The van der Waals surface area contributed by atoms with Crippen LogP contribution in [-0.2, 0) is 11.2 Å². The second-order valence-corrected chi connectivity index (χ2v) is 7.51. The zero-order valence-electron chi connectivity index (χ0n) is 15.6. The van der Waals surface area contributed by atoms with Crippen LogP contribution in [0, 0.1) is 6.92 Å². The van der Waals surface area contributed by atoms with E-state index in [4.69, 9.17) is 0 Å². The first-order valence-electron chi connectivity index (χ1n) is 8.89. The number of carboxylic acid groups (broad SMARTS) is 1. The van der Waals surface area contributed by atoms with Crippen LogP contribution in [0.4, 0.5) is 5.69 Å². The Balaban J connectivity index is 1.98. The van der Waals surface area contributed by atoms with Crippen LogP contribution in [0.3, 0.4) is 0 Å². The standard InChI is InChI=1S/C23H21NO3S/c1-3-12-24(21(25)14-17-9-7-8-16(2)13-17)19-15-20(28-22(19)23(26)27)18-10-5-4-6-11-18/h3-11,13,15H,1,12,14H2,2H3,(H,26,27). The minimum absolute atomic E-state index is 0.151. The number of aromatic carboxylic acids is 1. The molecule has 0 saturated heterocycles. The van der Waals surface area contributed by atoms with Crippen molar-refractivity contribution in [3.05, 3.63) is 89.3 Å². The lowest BCUT2D eigenvalue weighted by atomic mass is 10.1. The van der Waals surface area contributed by atoms with E-state index >= 15 is 0 Å². The van der Waals surface area contributed by atoms with Gasteiger partial charge in [-0.25, -0.2) is 4.79 Å². The summed E-state index contributed by atoms with van der Waals surface area (Å²) in [5.41, 5.74) is 3.31. The lowest BCUT2D eigenvalue weighted by Gasteiger charge is -2.21. The SMILES string of the molecule is C=CCN(C(=O)Cc1cccc(C)c1)c1cc(-c2ccccc2)sc1C(=O)O.